The minimum Gasteiger partial charge on any atom is -0.332 e. The van der Waals surface area contributed by atoms with Crippen LogP contribution in [0.2, 0.25) is 5.02 Å². The van der Waals surface area contributed by atoms with Crippen LogP contribution in [0.4, 0.5) is 16.5 Å². The van der Waals surface area contributed by atoms with Gasteiger partial charge in [-0.15, -0.1) is 11.3 Å². The number of anilines is 3. The predicted molar refractivity (Wildman–Crippen MR) is 110 cm³/mol. The zero-order valence-electron chi connectivity index (χ0n) is 14.7. The van der Waals surface area contributed by atoms with E-state index < -0.39 is 0 Å². The first-order valence-corrected chi connectivity index (χ1v) is 9.50. The lowest BCUT2D eigenvalue weighted by molar-refractivity contribution is -0.114. The second kappa shape index (κ2) is 7.02. The highest BCUT2D eigenvalue weighted by molar-refractivity contribution is 7.14. The van der Waals surface area contributed by atoms with Gasteiger partial charge in [0.2, 0.25) is 5.91 Å². The number of amides is 1. The molecule has 0 bridgehead atoms. The maximum atomic E-state index is 11.1. The Morgan fingerprint density at radius 1 is 1.11 bits per heavy atom. The summed E-state index contributed by atoms with van der Waals surface area (Å²) in [6.45, 7) is 3.45. The van der Waals surface area contributed by atoms with E-state index in [1.807, 2.05) is 59.3 Å². The van der Waals surface area contributed by atoms with Crippen molar-refractivity contribution in [2.24, 2.45) is 0 Å². The van der Waals surface area contributed by atoms with Crippen molar-refractivity contribution in [2.45, 2.75) is 13.8 Å². The Balaban J connectivity index is 1.60. The summed E-state index contributed by atoms with van der Waals surface area (Å²) in [5.74, 6) is -0.0937. The molecule has 1 amide bonds. The molecule has 1 aromatic carbocycles. The van der Waals surface area contributed by atoms with Crippen molar-refractivity contribution >= 4 is 51.0 Å². The largest absolute Gasteiger partial charge is 0.332 e. The SMILES string of the molecule is CC(=O)Nc1ccc(Nc2nc(-c3c(C)nc4ccc(Cl)cn34)cs2)cc1. The summed E-state index contributed by atoms with van der Waals surface area (Å²) in [6.07, 6.45) is 1.85. The van der Waals surface area contributed by atoms with Gasteiger partial charge in [-0.2, -0.15) is 0 Å². The summed E-state index contributed by atoms with van der Waals surface area (Å²) in [5.41, 5.74) is 5.15. The number of nitrogens with zero attached hydrogens (tertiary/aromatic N) is 3. The molecule has 4 aromatic rings. The highest BCUT2D eigenvalue weighted by Crippen LogP contribution is 2.30. The predicted octanol–water partition coefficient (Wildman–Crippen LogP) is 5.12. The van der Waals surface area contributed by atoms with Gasteiger partial charge < -0.3 is 10.6 Å². The van der Waals surface area contributed by atoms with E-state index in [-0.39, 0.29) is 5.91 Å². The number of fused-ring (bicyclic) bond motifs is 1. The molecular weight excluding hydrogens is 382 g/mol. The molecule has 0 saturated carbocycles. The van der Waals surface area contributed by atoms with Crippen molar-refractivity contribution in [2.75, 3.05) is 10.6 Å². The van der Waals surface area contributed by atoms with Gasteiger partial charge in [0, 0.05) is 29.9 Å². The zero-order chi connectivity index (χ0) is 19.0. The van der Waals surface area contributed by atoms with Crippen molar-refractivity contribution < 1.29 is 4.79 Å². The lowest BCUT2D eigenvalue weighted by Crippen LogP contribution is -2.05. The fourth-order valence-electron chi connectivity index (χ4n) is 2.85. The van der Waals surface area contributed by atoms with E-state index >= 15 is 0 Å². The molecule has 136 valence electrons. The van der Waals surface area contributed by atoms with E-state index in [2.05, 4.69) is 15.6 Å². The molecule has 0 atom stereocenters. The smallest absolute Gasteiger partial charge is 0.221 e. The number of carbonyl (C=O) groups is 1. The number of aryl methyl sites for hydroxylation is 1. The number of carbonyl (C=O) groups excluding carboxylic acids is 1. The number of thiazole rings is 1. The monoisotopic (exact) mass is 397 g/mol. The van der Waals surface area contributed by atoms with Crippen molar-refractivity contribution in [3.05, 3.63) is 58.7 Å². The van der Waals surface area contributed by atoms with Crippen molar-refractivity contribution in [1.82, 2.24) is 14.4 Å². The molecule has 6 nitrogen and oxygen atoms in total. The Morgan fingerprint density at radius 2 is 1.85 bits per heavy atom. The van der Waals surface area contributed by atoms with Crippen molar-refractivity contribution in [3.63, 3.8) is 0 Å². The molecule has 0 radical (unpaired) electrons. The Morgan fingerprint density at radius 3 is 2.59 bits per heavy atom. The second-order valence-electron chi connectivity index (χ2n) is 6.04. The summed E-state index contributed by atoms with van der Waals surface area (Å²) >= 11 is 7.65. The lowest BCUT2D eigenvalue weighted by Gasteiger charge is -2.05. The Bertz CT molecular complexity index is 1130. The quantitative estimate of drug-likeness (QED) is 0.501. The van der Waals surface area contributed by atoms with E-state index in [1.54, 1.807) is 0 Å². The second-order valence-corrected chi connectivity index (χ2v) is 7.34. The lowest BCUT2D eigenvalue weighted by atomic mass is 10.3. The standard InChI is InChI=1S/C19H16ClN5OS/c1-11-18(25-9-13(20)3-8-17(25)21-11)16-10-27-19(24-16)23-15-6-4-14(5-7-15)22-12(2)26/h3-10H,1-2H3,(H,22,26)(H,23,24). The van der Waals surface area contributed by atoms with Crippen LogP contribution in [0.1, 0.15) is 12.6 Å². The molecule has 3 heterocycles. The average Bonchev–Trinajstić information content (AvgIpc) is 3.19. The number of pyridine rings is 1. The normalized spacial score (nSPS) is 10.9. The maximum absolute atomic E-state index is 11.1. The summed E-state index contributed by atoms with van der Waals surface area (Å²) in [5, 5.41) is 9.44. The molecule has 0 saturated heterocycles. The topological polar surface area (TPSA) is 71.3 Å². The van der Waals surface area contributed by atoms with Gasteiger partial charge in [0.05, 0.1) is 16.4 Å². The van der Waals surface area contributed by atoms with Gasteiger partial charge in [-0.3, -0.25) is 9.20 Å². The fraction of sp³-hybridized carbons (Fsp3) is 0.105. The maximum Gasteiger partial charge on any atom is 0.221 e. The molecule has 0 spiro atoms. The van der Waals surface area contributed by atoms with Crippen LogP contribution in [0.25, 0.3) is 17.0 Å². The van der Waals surface area contributed by atoms with Crippen LogP contribution in [-0.4, -0.2) is 20.3 Å². The van der Waals surface area contributed by atoms with Gasteiger partial charge in [0.15, 0.2) is 5.13 Å². The van der Waals surface area contributed by atoms with E-state index in [0.717, 1.165) is 39.2 Å². The summed E-state index contributed by atoms with van der Waals surface area (Å²) in [6, 6.07) is 11.2. The number of benzene rings is 1. The summed E-state index contributed by atoms with van der Waals surface area (Å²) in [4.78, 5) is 20.4. The minimum absolute atomic E-state index is 0.0937. The van der Waals surface area contributed by atoms with E-state index in [9.17, 15) is 4.79 Å². The molecule has 3 aromatic heterocycles. The van der Waals surface area contributed by atoms with Crippen LogP contribution < -0.4 is 10.6 Å². The summed E-state index contributed by atoms with van der Waals surface area (Å²) in [7, 11) is 0. The van der Waals surface area contributed by atoms with Crippen LogP contribution in [0, 0.1) is 6.92 Å². The molecule has 0 fully saturated rings. The first kappa shape index (κ1) is 17.5. The van der Waals surface area contributed by atoms with E-state index in [1.165, 1.54) is 18.3 Å². The number of aromatic nitrogens is 3. The van der Waals surface area contributed by atoms with E-state index in [4.69, 9.17) is 16.6 Å². The third-order valence-electron chi connectivity index (χ3n) is 3.96. The van der Waals surface area contributed by atoms with Crippen molar-refractivity contribution in [3.8, 4) is 11.4 Å². The Kier molecular flexibility index (Phi) is 4.55. The van der Waals surface area contributed by atoms with Gasteiger partial charge in [0.1, 0.15) is 11.3 Å². The number of halogens is 1. The molecule has 0 aliphatic carbocycles. The first-order valence-electron chi connectivity index (χ1n) is 8.24. The van der Waals surface area contributed by atoms with Crippen LogP contribution >= 0.6 is 22.9 Å². The first-order chi connectivity index (χ1) is 13.0. The number of nitrogens with one attached hydrogen (secondary N) is 2. The van der Waals surface area contributed by atoms with Crippen LogP contribution in [0.15, 0.2) is 48.0 Å². The average molecular weight is 398 g/mol. The minimum atomic E-state index is -0.0937. The van der Waals surface area contributed by atoms with Crippen molar-refractivity contribution in [1.29, 1.82) is 0 Å². The van der Waals surface area contributed by atoms with E-state index in [0.29, 0.717) is 5.02 Å². The van der Waals surface area contributed by atoms with Crippen LogP contribution in [0.3, 0.4) is 0 Å². The number of hydrogen-bond donors (Lipinski definition) is 2. The highest BCUT2D eigenvalue weighted by atomic mass is 35.5. The number of rotatable bonds is 4. The van der Waals surface area contributed by atoms with Gasteiger partial charge in [0.25, 0.3) is 0 Å². The molecule has 0 aliphatic rings. The van der Waals surface area contributed by atoms with Crippen LogP contribution in [-0.2, 0) is 4.79 Å². The third kappa shape index (κ3) is 3.65. The van der Waals surface area contributed by atoms with Crippen LogP contribution in [0.5, 0.6) is 0 Å². The van der Waals surface area contributed by atoms with Gasteiger partial charge in [-0.05, 0) is 43.3 Å². The number of hydrogen-bond acceptors (Lipinski definition) is 5. The third-order valence-corrected chi connectivity index (χ3v) is 4.94. The Hall–Kier alpha value is -2.90. The molecular formula is C19H16ClN5OS. The molecule has 4 rings (SSSR count). The molecule has 8 heteroatoms. The fourth-order valence-corrected chi connectivity index (χ4v) is 3.72. The number of imidazole rings is 1. The van der Waals surface area contributed by atoms with Gasteiger partial charge in [-0.25, -0.2) is 9.97 Å². The zero-order valence-corrected chi connectivity index (χ0v) is 16.2. The molecule has 0 unspecified atom stereocenters. The Labute approximate surface area is 164 Å². The molecule has 2 N–H and O–H groups in total. The summed E-state index contributed by atoms with van der Waals surface area (Å²) < 4.78 is 1.96. The van der Waals surface area contributed by atoms with Gasteiger partial charge >= 0.3 is 0 Å². The molecule has 27 heavy (non-hydrogen) atoms. The highest BCUT2D eigenvalue weighted by Gasteiger charge is 2.14. The molecule has 0 aliphatic heterocycles. The van der Waals surface area contributed by atoms with Gasteiger partial charge in [-0.1, -0.05) is 11.6 Å².